The molecule has 0 aliphatic heterocycles. The molecule has 2 rings (SSSR count). The summed E-state index contributed by atoms with van der Waals surface area (Å²) < 4.78 is 0. The van der Waals surface area contributed by atoms with Gasteiger partial charge in [0.2, 0.25) is 0 Å². The molecule has 0 radical (unpaired) electrons. The second-order valence-electron chi connectivity index (χ2n) is 3.26. The van der Waals surface area contributed by atoms with Crippen LogP contribution in [-0.4, -0.2) is 0 Å². The van der Waals surface area contributed by atoms with E-state index in [1.807, 2.05) is 37.3 Å². The summed E-state index contributed by atoms with van der Waals surface area (Å²) in [5, 5.41) is 2.32. The van der Waals surface area contributed by atoms with Gasteiger partial charge in [-0.15, -0.1) is 0 Å². The number of hydrogen-bond donors (Lipinski definition) is 2. The third-order valence-corrected chi connectivity index (χ3v) is 2.36. The van der Waals surface area contributed by atoms with E-state index in [0.29, 0.717) is 0 Å². The summed E-state index contributed by atoms with van der Waals surface area (Å²) in [6.45, 7) is 2.02. The van der Waals surface area contributed by atoms with Crippen LogP contribution in [-0.2, 0) is 0 Å². The molecule has 0 spiro atoms. The Morgan fingerprint density at radius 1 is 1.00 bits per heavy atom. The minimum Gasteiger partial charge on any atom is -0.399 e. The van der Waals surface area contributed by atoms with Crippen molar-refractivity contribution in [3.63, 3.8) is 0 Å². The maximum Gasteiger partial charge on any atom is 0.0350 e. The van der Waals surface area contributed by atoms with Crippen molar-refractivity contribution in [2.45, 2.75) is 6.92 Å². The van der Waals surface area contributed by atoms with Crippen LogP contribution in [0.5, 0.6) is 0 Å². The summed E-state index contributed by atoms with van der Waals surface area (Å²) in [4.78, 5) is 0. The predicted molar refractivity (Wildman–Crippen MR) is 57.5 cm³/mol. The Hall–Kier alpha value is -1.70. The molecule has 0 unspecified atom stereocenters. The van der Waals surface area contributed by atoms with Gasteiger partial charge in [0.05, 0.1) is 0 Å². The third kappa shape index (κ3) is 1.20. The number of aryl methyl sites for hydroxylation is 1. The smallest absolute Gasteiger partial charge is 0.0350 e. The van der Waals surface area contributed by atoms with Gasteiger partial charge in [0.25, 0.3) is 0 Å². The van der Waals surface area contributed by atoms with Crippen molar-refractivity contribution in [1.82, 2.24) is 0 Å². The van der Waals surface area contributed by atoms with Crippen molar-refractivity contribution in [3.05, 3.63) is 35.9 Å². The van der Waals surface area contributed by atoms with Crippen LogP contribution in [0, 0.1) is 6.92 Å². The van der Waals surface area contributed by atoms with Crippen LogP contribution in [0.15, 0.2) is 30.3 Å². The van der Waals surface area contributed by atoms with Gasteiger partial charge in [0, 0.05) is 11.4 Å². The molecular formula is C11H12N2. The van der Waals surface area contributed by atoms with Crippen LogP contribution in [0.3, 0.4) is 0 Å². The zero-order chi connectivity index (χ0) is 9.42. The number of rotatable bonds is 0. The first kappa shape index (κ1) is 7.92. The zero-order valence-electron chi connectivity index (χ0n) is 7.54. The first-order chi connectivity index (χ1) is 6.18. The van der Waals surface area contributed by atoms with Crippen LogP contribution >= 0.6 is 0 Å². The minimum absolute atomic E-state index is 0.789. The fraction of sp³-hybridized carbons (Fsp3) is 0.0909. The second-order valence-corrected chi connectivity index (χ2v) is 3.26. The molecule has 0 amide bonds. The molecule has 13 heavy (non-hydrogen) atoms. The van der Waals surface area contributed by atoms with E-state index in [1.165, 1.54) is 5.39 Å². The number of hydrogen-bond acceptors (Lipinski definition) is 2. The maximum atomic E-state index is 5.79. The van der Waals surface area contributed by atoms with Crippen LogP contribution in [0.2, 0.25) is 0 Å². The van der Waals surface area contributed by atoms with Gasteiger partial charge in [0.15, 0.2) is 0 Å². The standard InChI is InChI=1S/C11H12N2/c1-7-10-4-3-9(12)6-8(10)2-5-11(7)13/h2-6H,12-13H2,1H3. The van der Waals surface area contributed by atoms with Crippen molar-refractivity contribution in [3.8, 4) is 0 Å². The Morgan fingerprint density at radius 3 is 2.54 bits per heavy atom. The Balaban J connectivity index is 2.87. The van der Waals surface area contributed by atoms with Crippen molar-refractivity contribution in [2.75, 3.05) is 11.5 Å². The molecule has 0 bridgehead atoms. The molecule has 2 aromatic rings. The van der Waals surface area contributed by atoms with E-state index in [4.69, 9.17) is 11.5 Å². The molecule has 0 saturated heterocycles. The van der Waals surface area contributed by atoms with E-state index in [9.17, 15) is 0 Å². The molecule has 0 atom stereocenters. The minimum atomic E-state index is 0.789. The molecule has 4 N–H and O–H groups in total. The highest BCUT2D eigenvalue weighted by Crippen LogP contribution is 2.24. The lowest BCUT2D eigenvalue weighted by molar-refractivity contribution is 1.52. The van der Waals surface area contributed by atoms with Gasteiger partial charge in [-0.05, 0) is 41.5 Å². The average Bonchev–Trinajstić information content (AvgIpc) is 2.12. The van der Waals surface area contributed by atoms with E-state index in [1.54, 1.807) is 0 Å². The summed E-state index contributed by atoms with van der Waals surface area (Å²) in [7, 11) is 0. The summed E-state index contributed by atoms with van der Waals surface area (Å²) in [5.41, 5.74) is 14.2. The normalized spacial score (nSPS) is 10.5. The zero-order valence-corrected chi connectivity index (χ0v) is 7.54. The molecule has 0 aliphatic rings. The van der Waals surface area contributed by atoms with E-state index in [-0.39, 0.29) is 0 Å². The highest BCUT2D eigenvalue weighted by molar-refractivity contribution is 5.91. The Labute approximate surface area is 77.2 Å². The molecule has 0 saturated carbocycles. The topological polar surface area (TPSA) is 52.0 Å². The monoisotopic (exact) mass is 172 g/mol. The molecule has 0 heterocycles. The summed E-state index contributed by atoms with van der Waals surface area (Å²) in [5.74, 6) is 0. The first-order valence-electron chi connectivity index (χ1n) is 4.23. The van der Waals surface area contributed by atoms with Gasteiger partial charge in [-0.3, -0.25) is 0 Å². The van der Waals surface area contributed by atoms with Crippen molar-refractivity contribution >= 4 is 22.1 Å². The molecule has 0 aromatic heterocycles. The van der Waals surface area contributed by atoms with Gasteiger partial charge >= 0.3 is 0 Å². The third-order valence-electron chi connectivity index (χ3n) is 2.36. The van der Waals surface area contributed by atoms with Crippen LogP contribution in [0.1, 0.15) is 5.56 Å². The van der Waals surface area contributed by atoms with Crippen LogP contribution in [0.4, 0.5) is 11.4 Å². The summed E-state index contributed by atoms with van der Waals surface area (Å²) in [6.07, 6.45) is 0. The van der Waals surface area contributed by atoms with Crippen molar-refractivity contribution in [2.24, 2.45) is 0 Å². The lowest BCUT2D eigenvalue weighted by Gasteiger charge is -2.05. The SMILES string of the molecule is Cc1c(N)ccc2cc(N)ccc12. The number of nitrogens with two attached hydrogens (primary N) is 2. The van der Waals surface area contributed by atoms with Crippen LogP contribution < -0.4 is 11.5 Å². The maximum absolute atomic E-state index is 5.79. The second kappa shape index (κ2) is 2.66. The predicted octanol–water partition coefficient (Wildman–Crippen LogP) is 2.31. The quantitative estimate of drug-likeness (QED) is 0.599. The number of anilines is 2. The molecule has 66 valence electrons. The largest absolute Gasteiger partial charge is 0.399 e. The van der Waals surface area contributed by atoms with Crippen molar-refractivity contribution in [1.29, 1.82) is 0 Å². The molecule has 2 nitrogen and oxygen atoms in total. The number of nitrogen functional groups attached to an aromatic ring is 2. The summed E-state index contributed by atoms with van der Waals surface area (Å²) >= 11 is 0. The van der Waals surface area contributed by atoms with E-state index in [0.717, 1.165) is 22.3 Å². The van der Waals surface area contributed by atoms with E-state index in [2.05, 4.69) is 0 Å². The van der Waals surface area contributed by atoms with Gasteiger partial charge in [-0.1, -0.05) is 12.1 Å². The van der Waals surface area contributed by atoms with Crippen LogP contribution in [0.25, 0.3) is 10.8 Å². The van der Waals surface area contributed by atoms with Gasteiger partial charge in [-0.25, -0.2) is 0 Å². The molecule has 2 aromatic carbocycles. The van der Waals surface area contributed by atoms with E-state index >= 15 is 0 Å². The highest BCUT2D eigenvalue weighted by Gasteiger charge is 1.99. The fourth-order valence-electron chi connectivity index (χ4n) is 1.52. The van der Waals surface area contributed by atoms with Gasteiger partial charge < -0.3 is 11.5 Å². The molecule has 0 aliphatic carbocycles. The first-order valence-corrected chi connectivity index (χ1v) is 4.23. The van der Waals surface area contributed by atoms with Crippen molar-refractivity contribution < 1.29 is 0 Å². The lowest BCUT2D eigenvalue weighted by atomic mass is 10.0. The summed E-state index contributed by atoms with van der Waals surface area (Å²) in [6, 6.07) is 9.78. The lowest BCUT2D eigenvalue weighted by Crippen LogP contribution is -1.91. The fourth-order valence-corrected chi connectivity index (χ4v) is 1.52. The average molecular weight is 172 g/mol. The molecule has 2 heteroatoms. The number of fused-ring (bicyclic) bond motifs is 1. The van der Waals surface area contributed by atoms with Gasteiger partial charge in [0.1, 0.15) is 0 Å². The highest BCUT2D eigenvalue weighted by atomic mass is 14.6. The molecular weight excluding hydrogens is 160 g/mol. The Morgan fingerprint density at radius 2 is 1.77 bits per heavy atom. The Kier molecular flexibility index (Phi) is 1.62. The number of benzene rings is 2. The Bertz CT molecular complexity index is 461. The van der Waals surface area contributed by atoms with E-state index < -0.39 is 0 Å². The van der Waals surface area contributed by atoms with Gasteiger partial charge in [-0.2, -0.15) is 0 Å². The molecule has 0 fully saturated rings.